The molecule has 0 aliphatic carbocycles. The first-order chi connectivity index (χ1) is 9.67. The maximum atomic E-state index is 11.8. The summed E-state index contributed by atoms with van der Waals surface area (Å²) in [4.78, 5) is 13.9. The largest absolute Gasteiger partial charge is 0.465 e. The van der Waals surface area contributed by atoms with Crippen molar-refractivity contribution >= 4 is 11.7 Å². The number of carbonyl (C=O) groups is 1. The second-order valence-corrected chi connectivity index (χ2v) is 4.08. The molecule has 0 atom stereocenters. The molecule has 4 heteroatoms. The van der Waals surface area contributed by atoms with E-state index >= 15 is 0 Å². The van der Waals surface area contributed by atoms with Gasteiger partial charge in [-0.1, -0.05) is 26.8 Å². The van der Waals surface area contributed by atoms with Gasteiger partial charge in [0.05, 0.1) is 25.0 Å². The third-order valence-electron chi connectivity index (χ3n) is 2.86. The minimum absolute atomic E-state index is 0.0792. The van der Waals surface area contributed by atoms with Gasteiger partial charge in [-0.05, 0) is 31.0 Å². The van der Waals surface area contributed by atoms with Gasteiger partial charge >= 0.3 is 5.97 Å². The average molecular weight is 281 g/mol. The van der Waals surface area contributed by atoms with Crippen molar-refractivity contribution in [1.29, 1.82) is 0 Å². The van der Waals surface area contributed by atoms with Crippen molar-refractivity contribution in [2.24, 2.45) is 0 Å². The Labute approximate surface area is 122 Å². The molecule has 4 nitrogen and oxygen atoms in total. The summed E-state index contributed by atoms with van der Waals surface area (Å²) in [6.07, 6.45) is 1.01. The smallest absolute Gasteiger partial charge is 0.339 e. The lowest BCUT2D eigenvalue weighted by Crippen LogP contribution is -2.25. The highest BCUT2D eigenvalue weighted by Gasteiger charge is 2.16. The average Bonchev–Trinajstić information content (AvgIpc) is 2.53. The van der Waals surface area contributed by atoms with Crippen LogP contribution in [0.4, 0.5) is 5.69 Å². The first kappa shape index (κ1) is 18.4. The quantitative estimate of drug-likeness (QED) is 0.813. The van der Waals surface area contributed by atoms with Gasteiger partial charge in [0.1, 0.15) is 0 Å². The first-order valence-corrected chi connectivity index (χ1v) is 7.24. The van der Waals surface area contributed by atoms with Gasteiger partial charge in [0, 0.05) is 13.1 Å². The fraction of sp³-hybridized carbons (Fsp3) is 0.562. The highest BCUT2D eigenvalue weighted by molar-refractivity contribution is 5.96. The molecule has 1 aromatic carbocycles. The monoisotopic (exact) mass is 281 g/mol. The summed E-state index contributed by atoms with van der Waals surface area (Å²) in [5.41, 5.74) is 2.09. The van der Waals surface area contributed by atoms with Crippen LogP contribution in [0.15, 0.2) is 18.2 Å². The van der Waals surface area contributed by atoms with Gasteiger partial charge in [-0.2, -0.15) is 0 Å². The normalized spacial score (nSPS) is 9.50. The number of aliphatic hydroxyl groups excluding tert-OH is 1. The van der Waals surface area contributed by atoms with E-state index in [1.54, 1.807) is 6.07 Å². The molecule has 0 heterocycles. The topological polar surface area (TPSA) is 49.8 Å². The van der Waals surface area contributed by atoms with Crippen LogP contribution in [-0.2, 0) is 11.3 Å². The van der Waals surface area contributed by atoms with Gasteiger partial charge < -0.3 is 14.7 Å². The molecule has 0 aromatic heterocycles. The molecule has 0 radical (unpaired) electrons. The van der Waals surface area contributed by atoms with Gasteiger partial charge in [0.15, 0.2) is 0 Å². The van der Waals surface area contributed by atoms with Crippen molar-refractivity contribution < 1.29 is 14.6 Å². The lowest BCUT2D eigenvalue weighted by Gasteiger charge is -2.24. The Kier molecular flexibility index (Phi) is 9.47. The van der Waals surface area contributed by atoms with Crippen LogP contribution < -0.4 is 4.90 Å². The number of nitrogens with zero attached hydrogens (tertiary/aromatic N) is 1. The molecular weight excluding hydrogens is 254 g/mol. The van der Waals surface area contributed by atoms with Crippen molar-refractivity contribution in [2.75, 3.05) is 25.1 Å². The second-order valence-electron chi connectivity index (χ2n) is 4.08. The van der Waals surface area contributed by atoms with E-state index < -0.39 is 0 Å². The summed E-state index contributed by atoms with van der Waals surface area (Å²) in [5.74, 6) is -0.366. The SMILES string of the molecule is CC.CCCN(CC)c1ccc(CO)cc1C(=O)OC. The molecule has 1 N–H and O–H groups in total. The zero-order valence-electron chi connectivity index (χ0n) is 13.3. The van der Waals surface area contributed by atoms with E-state index in [2.05, 4.69) is 18.7 Å². The lowest BCUT2D eigenvalue weighted by molar-refractivity contribution is 0.0601. The van der Waals surface area contributed by atoms with Crippen LogP contribution in [0, 0.1) is 0 Å². The number of methoxy groups -OCH3 is 1. The van der Waals surface area contributed by atoms with Crippen molar-refractivity contribution in [3.63, 3.8) is 0 Å². The minimum atomic E-state index is -0.366. The Morgan fingerprint density at radius 3 is 2.40 bits per heavy atom. The van der Waals surface area contributed by atoms with Gasteiger partial charge in [-0.3, -0.25) is 0 Å². The summed E-state index contributed by atoms with van der Waals surface area (Å²) in [6.45, 7) is 9.79. The van der Waals surface area contributed by atoms with Crippen LogP contribution >= 0.6 is 0 Å². The summed E-state index contributed by atoms with van der Waals surface area (Å²) >= 11 is 0. The van der Waals surface area contributed by atoms with Crippen molar-refractivity contribution in [3.05, 3.63) is 29.3 Å². The highest BCUT2D eigenvalue weighted by Crippen LogP contribution is 2.23. The number of anilines is 1. The summed E-state index contributed by atoms with van der Waals surface area (Å²) in [6, 6.07) is 5.40. The molecule has 1 rings (SSSR count). The first-order valence-electron chi connectivity index (χ1n) is 7.24. The molecule has 1 aromatic rings. The number of benzene rings is 1. The zero-order chi connectivity index (χ0) is 15.5. The van der Waals surface area contributed by atoms with E-state index in [1.807, 2.05) is 26.0 Å². The lowest BCUT2D eigenvalue weighted by atomic mass is 10.1. The minimum Gasteiger partial charge on any atom is -0.465 e. The summed E-state index contributed by atoms with van der Waals surface area (Å²) in [5, 5.41) is 9.14. The van der Waals surface area contributed by atoms with Crippen LogP contribution in [0.25, 0.3) is 0 Å². The Balaban J connectivity index is 0.00000172. The predicted molar refractivity (Wildman–Crippen MR) is 83.2 cm³/mol. The summed E-state index contributed by atoms with van der Waals surface area (Å²) in [7, 11) is 1.37. The zero-order valence-corrected chi connectivity index (χ0v) is 13.3. The van der Waals surface area contributed by atoms with Crippen LogP contribution in [0.1, 0.15) is 50.0 Å². The van der Waals surface area contributed by atoms with E-state index in [9.17, 15) is 4.79 Å². The van der Waals surface area contributed by atoms with E-state index in [0.717, 1.165) is 25.2 Å². The van der Waals surface area contributed by atoms with Crippen LogP contribution in [0.3, 0.4) is 0 Å². The Hall–Kier alpha value is -1.55. The van der Waals surface area contributed by atoms with Crippen molar-refractivity contribution in [3.8, 4) is 0 Å². The van der Waals surface area contributed by atoms with Crippen LogP contribution in [-0.4, -0.2) is 31.3 Å². The van der Waals surface area contributed by atoms with Crippen LogP contribution in [0.2, 0.25) is 0 Å². The van der Waals surface area contributed by atoms with Crippen LogP contribution in [0.5, 0.6) is 0 Å². The summed E-state index contributed by atoms with van der Waals surface area (Å²) < 4.78 is 4.80. The fourth-order valence-electron chi connectivity index (χ4n) is 1.95. The molecule has 0 bridgehead atoms. The van der Waals surface area contributed by atoms with Gasteiger partial charge in [0.25, 0.3) is 0 Å². The van der Waals surface area contributed by atoms with E-state index in [-0.39, 0.29) is 12.6 Å². The Morgan fingerprint density at radius 1 is 1.30 bits per heavy atom. The van der Waals surface area contributed by atoms with E-state index in [1.165, 1.54) is 7.11 Å². The molecule has 0 spiro atoms. The third-order valence-corrected chi connectivity index (χ3v) is 2.86. The molecule has 0 saturated heterocycles. The number of hydrogen-bond donors (Lipinski definition) is 1. The molecule has 20 heavy (non-hydrogen) atoms. The molecule has 0 amide bonds. The van der Waals surface area contributed by atoms with Gasteiger partial charge in [0.2, 0.25) is 0 Å². The highest BCUT2D eigenvalue weighted by atomic mass is 16.5. The number of ether oxygens (including phenoxy) is 1. The predicted octanol–water partition coefficient (Wildman–Crippen LogP) is 3.23. The molecule has 114 valence electrons. The fourth-order valence-corrected chi connectivity index (χ4v) is 1.95. The van der Waals surface area contributed by atoms with Crippen molar-refractivity contribution in [2.45, 2.75) is 40.7 Å². The molecular formula is C16H27NO3. The molecule has 0 aliphatic heterocycles. The maximum absolute atomic E-state index is 11.8. The van der Waals surface area contributed by atoms with Gasteiger partial charge in [-0.25, -0.2) is 4.79 Å². The number of hydrogen-bond acceptors (Lipinski definition) is 4. The number of aliphatic hydroxyl groups is 1. The molecule has 0 unspecified atom stereocenters. The Bertz CT molecular complexity index is 405. The standard InChI is InChI=1S/C14H21NO3.C2H6/c1-4-8-15(5-2)13-7-6-11(10-16)9-12(13)14(17)18-3;1-2/h6-7,9,16H,4-5,8,10H2,1-3H3;1-2H3. The third kappa shape index (κ3) is 4.85. The second kappa shape index (κ2) is 10.3. The van der Waals surface area contributed by atoms with Crippen molar-refractivity contribution in [1.82, 2.24) is 0 Å². The number of carbonyl (C=O) groups excluding carboxylic acids is 1. The molecule has 0 aliphatic rings. The van der Waals surface area contributed by atoms with E-state index in [0.29, 0.717) is 11.1 Å². The maximum Gasteiger partial charge on any atom is 0.339 e. The molecule has 0 saturated carbocycles. The number of rotatable bonds is 6. The number of esters is 1. The van der Waals surface area contributed by atoms with Gasteiger partial charge in [-0.15, -0.1) is 0 Å². The molecule has 0 fully saturated rings. The Morgan fingerprint density at radius 2 is 1.95 bits per heavy atom. The van der Waals surface area contributed by atoms with E-state index in [4.69, 9.17) is 9.84 Å².